The molecule has 0 saturated carbocycles. The third kappa shape index (κ3) is 5.88. The fourth-order valence-corrected chi connectivity index (χ4v) is 2.53. The fraction of sp³-hybridized carbons (Fsp3) is 0.600. The van der Waals surface area contributed by atoms with Crippen LogP contribution in [0.25, 0.3) is 0 Å². The number of unbranched alkanes of at least 4 members (excludes halogenated alkanes) is 2. The standard InChI is InChI=1S/C15H24F2N2O2S/c1-15(2,3)22(20,21)19-10-6-4-5-9-18-12-7-8-13(16)14(17)11-12/h7-8,11,18-19H,4-6,9-10H2,1-3H3. The van der Waals surface area contributed by atoms with E-state index in [0.29, 0.717) is 18.8 Å². The lowest BCUT2D eigenvalue weighted by Gasteiger charge is -2.19. The number of anilines is 1. The summed E-state index contributed by atoms with van der Waals surface area (Å²) in [6.45, 7) is 5.99. The number of rotatable bonds is 8. The Balaban J connectivity index is 2.17. The van der Waals surface area contributed by atoms with Gasteiger partial charge in [0.25, 0.3) is 0 Å². The van der Waals surface area contributed by atoms with Gasteiger partial charge in [-0.05, 0) is 51.8 Å². The molecule has 0 atom stereocenters. The Morgan fingerprint density at radius 2 is 1.64 bits per heavy atom. The van der Waals surface area contributed by atoms with Crippen molar-refractivity contribution < 1.29 is 17.2 Å². The summed E-state index contributed by atoms with van der Waals surface area (Å²) in [4.78, 5) is 0. The monoisotopic (exact) mass is 334 g/mol. The second-order valence-corrected chi connectivity index (χ2v) is 8.65. The Labute approximate surface area is 131 Å². The molecule has 0 aromatic heterocycles. The second kappa shape index (κ2) is 7.87. The average Bonchev–Trinajstić information content (AvgIpc) is 2.40. The van der Waals surface area contributed by atoms with Crippen molar-refractivity contribution in [2.24, 2.45) is 0 Å². The topological polar surface area (TPSA) is 58.2 Å². The lowest BCUT2D eigenvalue weighted by atomic mass is 10.2. The molecule has 0 spiro atoms. The van der Waals surface area contributed by atoms with E-state index in [9.17, 15) is 17.2 Å². The first-order valence-corrected chi connectivity index (χ1v) is 8.80. The van der Waals surface area contributed by atoms with Crippen molar-refractivity contribution in [2.45, 2.75) is 44.8 Å². The summed E-state index contributed by atoms with van der Waals surface area (Å²) in [6.07, 6.45) is 2.38. The molecule has 0 heterocycles. The minimum atomic E-state index is -3.29. The van der Waals surface area contributed by atoms with Gasteiger partial charge in [0, 0.05) is 18.8 Å². The van der Waals surface area contributed by atoms with Crippen molar-refractivity contribution in [2.75, 3.05) is 18.4 Å². The van der Waals surface area contributed by atoms with Crippen molar-refractivity contribution in [3.05, 3.63) is 29.8 Å². The first-order valence-electron chi connectivity index (χ1n) is 7.31. The van der Waals surface area contributed by atoms with Gasteiger partial charge in [0.15, 0.2) is 11.6 Å². The van der Waals surface area contributed by atoms with Crippen LogP contribution in [0, 0.1) is 11.6 Å². The lowest BCUT2D eigenvalue weighted by Crippen LogP contribution is -2.39. The molecule has 0 saturated heterocycles. The number of sulfonamides is 1. The van der Waals surface area contributed by atoms with Crippen molar-refractivity contribution in [1.82, 2.24) is 4.72 Å². The summed E-state index contributed by atoms with van der Waals surface area (Å²) < 4.78 is 51.1. The van der Waals surface area contributed by atoms with E-state index in [1.54, 1.807) is 20.8 Å². The van der Waals surface area contributed by atoms with Gasteiger partial charge >= 0.3 is 0 Å². The summed E-state index contributed by atoms with van der Waals surface area (Å²) in [5, 5.41) is 3.00. The Morgan fingerprint density at radius 1 is 1.00 bits per heavy atom. The maximum absolute atomic E-state index is 13.0. The smallest absolute Gasteiger partial charge is 0.216 e. The van der Waals surface area contributed by atoms with E-state index in [-0.39, 0.29) is 0 Å². The zero-order valence-electron chi connectivity index (χ0n) is 13.2. The van der Waals surface area contributed by atoms with Crippen LogP contribution in [0.5, 0.6) is 0 Å². The van der Waals surface area contributed by atoms with Crippen LogP contribution in [0.2, 0.25) is 0 Å². The predicted molar refractivity (Wildman–Crippen MR) is 85.4 cm³/mol. The molecule has 0 aliphatic carbocycles. The number of hydrogen-bond donors (Lipinski definition) is 2. The van der Waals surface area contributed by atoms with Crippen LogP contribution in [0.15, 0.2) is 18.2 Å². The Morgan fingerprint density at radius 3 is 2.23 bits per heavy atom. The fourth-order valence-electron chi connectivity index (χ4n) is 1.69. The van der Waals surface area contributed by atoms with Gasteiger partial charge in [-0.1, -0.05) is 6.42 Å². The van der Waals surface area contributed by atoms with Crippen LogP contribution >= 0.6 is 0 Å². The second-order valence-electron chi connectivity index (χ2n) is 6.13. The highest BCUT2D eigenvalue weighted by molar-refractivity contribution is 7.90. The van der Waals surface area contributed by atoms with Gasteiger partial charge < -0.3 is 5.32 Å². The molecule has 4 nitrogen and oxygen atoms in total. The van der Waals surface area contributed by atoms with E-state index in [0.717, 1.165) is 31.4 Å². The maximum atomic E-state index is 13.0. The first-order chi connectivity index (χ1) is 10.1. The summed E-state index contributed by atoms with van der Waals surface area (Å²) >= 11 is 0. The van der Waals surface area contributed by atoms with Crippen LogP contribution in [0.3, 0.4) is 0 Å². The highest BCUT2D eigenvalue weighted by atomic mass is 32.2. The highest BCUT2D eigenvalue weighted by Crippen LogP contribution is 2.14. The molecular formula is C15H24F2N2O2S. The van der Waals surface area contributed by atoms with E-state index < -0.39 is 26.4 Å². The van der Waals surface area contributed by atoms with Crippen molar-refractivity contribution >= 4 is 15.7 Å². The van der Waals surface area contributed by atoms with E-state index in [2.05, 4.69) is 10.0 Å². The molecular weight excluding hydrogens is 310 g/mol. The molecule has 0 radical (unpaired) electrons. The lowest BCUT2D eigenvalue weighted by molar-refractivity contribution is 0.509. The van der Waals surface area contributed by atoms with Gasteiger partial charge in [-0.3, -0.25) is 0 Å². The number of benzene rings is 1. The summed E-state index contributed by atoms with van der Waals surface area (Å²) in [5.41, 5.74) is 0.535. The molecule has 1 aromatic carbocycles. The van der Waals surface area contributed by atoms with E-state index in [4.69, 9.17) is 0 Å². The number of nitrogens with one attached hydrogen (secondary N) is 2. The maximum Gasteiger partial charge on any atom is 0.216 e. The minimum absolute atomic E-state index is 0.408. The summed E-state index contributed by atoms with van der Waals surface area (Å²) in [7, 11) is -3.29. The Hall–Kier alpha value is -1.21. The zero-order valence-corrected chi connectivity index (χ0v) is 14.1. The van der Waals surface area contributed by atoms with Crippen LogP contribution < -0.4 is 10.0 Å². The third-order valence-electron chi connectivity index (χ3n) is 3.20. The molecule has 0 aliphatic rings. The summed E-state index contributed by atoms with van der Waals surface area (Å²) in [6, 6.07) is 3.68. The quantitative estimate of drug-likeness (QED) is 0.718. The molecule has 0 unspecified atom stereocenters. The SMILES string of the molecule is CC(C)(C)S(=O)(=O)NCCCCCNc1ccc(F)c(F)c1. The number of hydrogen-bond acceptors (Lipinski definition) is 3. The Kier molecular flexibility index (Phi) is 6.74. The molecule has 1 aromatic rings. The van der Waals surface area contributed by atoms with Crippen molar-refractivity contribution in [3.8, 4) is 0 Å². The molecule has 2 N–H and O–H groups in total. The van der Waals surface area contributed by atoms with Gasteiger partial charge in [0.05, 0.1) is 4.75 Å². The van der Waals surface area contributed by atoms with Crippen LogP contribution in [0.1, 0.15) is 40.0 Å². The van der Waals surface area contributed by atoms with Gasteiger partial charge in [-0.15, -0.1) is 0 Å². The molecule has 0 amide bonds. The average molecular weight is 334 g/mol. The van der Waals surface area contributed by atoms with E-state index in [1.807, 2.05) is 0 Å². The zero-order chi connectivity index (χ0) is 16.8. The minimum Gasteiger partial charge on any atom is -0.385 e. The molecule has 0 bridgehead atoms. The van der Waals surface area contributed by atoms with Crippen LogP contribution in [0.4, 0.5) is 14.5 Å². The van der Waals surface area contributed by atoms with Gasteiger partial charge in [-0.25, -0.2) is 21.9 Å². The number of halogens is 2. The van der Waals surface area contributed by atoms with E-state index in [1.165, 1.54) is 6.07 Å². The molecule has 0 fully saturated rings. The van der Waals surface area contributed by atoms with Crippen LogP contribution in [-0.4, -0.2) is 26.3 Å². The Bertz CT molecular complexity index is 584. The van der Waals surface area contributed by atoms with Crippen molar-refractivity contribution in [3.63, 3.8) is 0 Å². The predicted octanol–water partition coefficient (Wildman–Crippen LogP) is 3.26. The van der Waals surface area contributed by atoms with Crippen molar-refractivity contribution in [1.29, 1.82) is 0 Å². The third-order valence-corrected chi connectivity index (χ3v) is 5.40. The van der Waals surface area contributed by atoms with Gasteiger partial charge in [0.2, 0.25) is 10.0 Å². The van der Waals surface area contributed by atoms with Gasteiger partial charge in [0.1, 0.15) is 0 Å². The normalized spacial score (nSPS) is 12.4. The largest absolute Gasteiger partial charge is 0.385 e. The van der Waals surface area contributed by atoms with Crippen LogP contribution in [-0.2, 0) is 10.0 Å². The summed E-state index contributed by atoms with van der Waals surface area (Å²) in [5.74, 6) is -1.74. The molecule has 0 aliphatic heterocycles. The van der Waals surface area contributed by atoms with Gasteiger partial charge in [-0.2, -0.15) is 0 Å². The molecule has 1 rings (SSSR count). The highest BCUT2D eigenvalue weighted by Gasteiger charge is 2.27. The molecule has 7 heteroatoms. The molecule has 22 heavy (non-hydrogen) atoms. The molecule has 126 valence electrons. The first kappa shape index (κ1) is 18.8. The van der Waals surface area contributed by atoms with E-state index >= 15 is 0 Å².